The molecule has 0 aromatic heterocycles. The number of benzene rings is 2. The zero-order chi connectivity index (χ0) is 21.4. The number of halogens is 2. The fourth-order valence-corrected chi connectivity index (χ4v) is 3.82. The van der Waals surface area contributed by atoms with Crippen LogP contribution in [0.2, 0.25) is 5.02 Å². The molecule has 2 N–H and O–H groups in total. The summed E-state index contributed by atoms with van der Waals surface area (Å²) in [6.07, 6.45) is 0. The van der Waals surface area contributed by atoms with Crippen molar-refractivity contribution in [2.45, 2.75) is 13.0 Å². The molecule has 2 aliphatic rings. The molecule has 0 bridgehead atoms. The van der Waals surface area contributed by atoms with Crippen molar-refractivity contribution in [1.29, 1.82) is 0 Å². The van der Waals surface area contributed by atoms with E-state index in [1.807, 2.05) is 19.1 Å². The number of carbonyl (C=O) groups excluding carboxylic acids is 3. The summed E-state index contributed by atoms with van der Waals surface area (Å²) in [5, 5.41) is 6.11. The number of hydrogen-bond donors (Lipinski definition) is 2. The number of aryl methyl sites for hydroxylation is 1. The first kappa shape index (κ1) is 20.4. The molecule has 0 saturated carbocycles. The summed E-state index contributed by atoms with van der Waals surface area (Å²) in [7, 11) is 0. The van der Waals surface area contributed by atoms with Crippen LogP contribution >= 0.6 is 27.5 Å². The van der Waals surface area contributed by atoms with Crippen molar-refractivity contribution in [3.8, 4) is 0 Å². The first-order chi connectivity index (χ1) is 14.3. The van der Waals surface area contributed by atoms with Crippen molar-refractivity contribution in [1.82, 2.24) is 10.2 Å². The second-order valence-electron chi connectivity index (χ2n) is 6.97. The largest absolute Gasteiger partial charge is 0.456 e. The number of anilines is 1. The lowest BCUT2D eigenvalue weighted by atomic mass is 9.96. The number of carbonyl (C=O) groups is 3. The molecule has 2 aromatic rings. The van der Waals surface area contributed by atoms with Crippen LogP contribution in [0.5, 0.6) is 0 Å². The van der Waals surface area contributed by atoms with E-state index in [2.05, 4.69) is 26.6 Å². The van der Waals surface area contributed by atoms with E-state index in [4.69, 9.17) is 16.3 Å². The Labute approximate surface area is 186 Å². The van der Waals surface area contributed by atoms with Crippen molar-refractivity contribution in [2.24, 2.45) is 0 Å². The number of amides is 3. The maximum atomic E-state index is 12.8. The predicted octanol–water partition coefficient (Wildman–Crippen LogP) is 3.93. The molecule has 154 valence electrons. The predicted molar refractivity (Wildman–Crippen MR) is 115 cm³/mol. The van der Waals surface area contributed by atoms with Gasteiger partial charge in [0.15, 0.2) is 0 Å². The lowest BCUT2D eigenvalue weighted by Gasteiger charge is -2.32. The number of rotatable bonds is 4. The summed E-state index contributed by atoms with van der Waals surface area (Å²) in [6, 6.07) is 11.1. The smallest absolute Gasteiger partial charge is 0.338 e. The summed E-state index contributed by atoms with van der Waals surface area (Å²) in [4.78, 5) is 39.0. The summed E-state index contributed by atoms with van der Waals surface area (Å²) >= 11 is 9.35. The van der Waals surface area contributed by atoms with Gasteiger partial charge in [-0.15, -0.1) is 0 Å². The van der Waals surface area contributed by atoms with E-state index >= 15 is 0 Å². The van der Waals surface area contributed by atoms with Gasteiger partial charge in [-0.2, -0.15) is 0 Å². The van der Waals surface area contributed by atoms with Gasteiger partial charge in [0.2, 0.25) is 5.91 Å². The van der Waals surface area contributed by atoms with E-state index in [1.54, 1.807) is 30.3 Å². The molecule has 0 spiro atoms. The van der Waals surface area contributed by atoms with Gasteiger partial charge < -0.3 is 15.4 Å². The van der Waals surface area contributed by atoms with Gasteiger partial charge in [0.25, 0.3) is 0 Å². The number of esters is 1. The molecule has 0 unspecified atom stereocenters. The summed E-state index contributed by atoms with van der Waals surface area (Å²) in [5.41, 5.74) is 3.00. The Morgan fingerprint density at radius 1 is 1.27 bits per heavy atom. The Morgan fingerprint density at radius 2 is 2.00 bits per heavy atom. The monoisotopic (exact) mass is 489 g/mol. The first-order valence-electron chi connectivity index (χ1n) is 9.13. The Morgan fingerprint density at radius 3 is 2.70 bits per heavy atom. The highest BCUT2D eigenvalue weighted by Crippen LogP contribution is 2.35. The number of cyclic esters (lactones) is 1. The van der Waals surface area contributed by atoms with Gasteiger partial charge in [-0.25, -0.2) is 9.59 Å². The highest BCUT2D eigenvalue weighted by atomic mass is 79.9. The van der Waals surface area contributed by atoms with Crippen LogP contribution in [0.1, 0.15) is 17.2 Å². The average molecular weight is 491 g/mol. The van der Waals surface area contributed by atoms with Crippen molar-refractivity contribution in [3.63, 3.8) is 0 Å². The van der Waals surface area contributed by atoms with Gasteiger partial charge in [0, 0.05) is 15.2 Å². The average Bonchev–Trinajstić information content (AvgIpc) is 3.09. The van der Waals surface area contributed by atoms with Crippen molar-refractivity contribution >= 4 is 51.1 Å². The molecule has 7 nitrogen and oxygen atoms in total. The van der Waals surface area contributed by atoms with Crippen LogP contribution in [0.25, 0.3) is 0 Å². The van der Waals surface area contributed by atoms with Crippen LogP contribution in [0.15, 0.2) is 58.2 Å². The number of hydrogen-bond acceptors (Lipinski definition) is 4. The van der Waals surface area contributed by atoms with Gasteiger partial charge in [-0.3, -0.25) is 9.69 Å². The molecule has 0 saturated heterocycles. The van der Waals surface area contributed by atoms with Gasteiger partial charge in [-0.05, 0) is 48.4 Å². The van der Waals surface area contributed by atoms with E-state index in [1.165, 1.54) is 4.90 Å². The molecule has 4 rings (SSSR count). The SMILES string of the molecule is Cc1cc(NC(=O)CN2C(=O)N[C@H](c3ccc(Cl)cc3)C3=C2COC3=O)ccc1Br. The summed E-state index contributed by atoms with van der Waals surface area (Å²) in [6.45, 7) is 1.60. The fraction of sp³-hybridized carbons (Fsp3) is 0.190. The van der Waals surface area contributed by atoms with Crippen molar-refractivity contribution in [2.75, 3.05) is 18.5 Å². The minimum Gasteiger partial charge on any atom is -0.456 e. The molecule has 0 fully saturated rings. The normalized spacial score (nSPS) is 18.1. The zero-order valence-corrected chi connectivity index (χ0v) is 18.2. The van der Waals surface area contributed by atoms with E-state index in [-0.39, 0.29) is 19.1 Å². The summed E-state index contributed by atoms with van der Waals surface area (Å²) < 4.78 is 6.10. The summed E-state index contributed by atoms with van der Waals surface area (Å²) in [5.74, 6) is -0.901. The number of urea groups is 1. The topological polar surface area (TPSA) is 87.7 Å². The molecule has 0 radical (unpaired) electrons. The Hall–Kier alpha value is -2.84. The Bertz CT molecular complexity index is 1080. The molecule has 2 aliphatic heterocycles. The third-order valence-corrected chi connectivity index (χ3v) is 6.09. The first-order valence-corrected chi connectivity index (χ1v) is 10.3. The highest BCUT2D eigenvalue weighted by molar-refractivity contribution is 9.10. The molecule has 0 aliphatic carbocycles. The van der Waals surface area contributed by atoms with Crippen LogP contribution in [0, 0.1) is 6.92 Å². The maximum absolute atomic E-state index is 12.8. The fourth-order valence-electron chi connectivity index (χ4n) is 3.45. The van der Waals surface area contributed by atoms with Gasteiger partial charge >= 0.3 is 12.0 Å². The molecule has 3 amide bonds. The number of nitrogens with zero attached hydrogens (tertiary/aromatic N) is 1. The molecule has 2 aromatic carbocycles. The second-order valence-corrected chi connectivity index (χ2v) is 8.26. The third-order valence-electron chi connectivity index (χ3n) is 4.95. The second kappa shape index (κ2) is 8.12. The number of ether oxygens (including phenoxy) is 1. The minimum atomic E-state index is -0.659. The lowest BCUT2D eigenvalue weighted by Crippen LogP contribution is -2.49. The number of nitrogens with one attached hydrogen (secondary N) is 2. The standard InChI is InChI=1S/C21H17BrClN3O4/c1-11-8-14(6-7-15(11)22)24-17(27)9-26-16-10-30-20(28)18(16)19(25-21(26)29)12-2-4-13(23)5-3-12/h2-8,19H,9-10H2,1H3,(H,24,27)(H,25,29)/t19-/m1/s1. The highest BCUT2D eigenvalue weighted by Gasteiger charge is 2.42. The van der Waals surface area contributed by atoms with Gasteiger partial charge in [0.1, 0.15) is 13.2 Å². The van der Waals surface area contributed by atoms with Crippen LogP contribution in [-0.2, 0) is 14.3 Å². The van der Waals surface area contributed by atoms with Crippen LogP contribution in [-0.4, -0.2) is 36.0 Å². The molecule has 2 heterocycles. The van der Waals surface area contributed by atoms with Crippen LogP contribution < -0.4 is 10.6 Å². The molecule has 1 atom stereocenters. The third kappa shape index (κ3) is 3.93. The molecular weight excluding hydrogens is 474 g/mol. The van der Waals surface area contributed by atoms with Gasteiger partial charge in [0.05, 0.1) is 17.3 Å². The quantitative estimate of drug-likeness (QED) is 0.636. The molecule has 9 heteroatoms. The van der Waals surface area contributed by atoms with Crippen LogP contribution in [0.4, 0.5) is 10.5 Å². The van der Waals surface area contributed by atoms with Crippen LogP contribution in [0.3, 0.4) is 0 Å². The van der Waals surface area contributed by atoms with E-state index in [0.717, 1.165) is 10.0 Å². The van der Waals surface area contributed by atoms with E-state index < -0.39 is 18.0 Å². The van der Waals surface area contributed by atoms with Crippen molar-refractivity contribution < 1.29 is 19.1 Å². The van der Waals surface area contributed by atoms with E-state index in [9.17, 15) is 14.4 Å². The Kier molecular flexibility index (Phi) is 5.53. The molecular formula is C21H17BrClN3O4. The van der Waals surface area contributed by atoms with Crippen molar-refractivity contribution in [3.05, 3.63) is 74.4 Å². The van der Waals surface area contributed by atoms with E-state index in [0.29, 0.717) is 27.5 Å². The minimum absolute atomic E-state index is 0.0592. The van der Waals surface area contributed by atoms with Gasteiger partial charge in [-0.1, -0.05) is 39.7 Å². The zero-order valence-electron chi connectivity index (χ0n) is 15.9. The lowest BCUT2D eigenvalue weighted by molar-refractivity contribution is -0.136. The Balaban J connectivity index is 1.58. The maximum Gasteiger partial charge on any atom is 0.338 e. The molecule has 30 heavy (non-hydrogen) atoms.